The van der Waals surface area contributed by atoms with Crippen LogP contribution in [0.3, 0.4) is 0 Å². The van der Waals surface area contributed by atoms with E-state index in [-0.39, 0.29) is 11.9 Å². The predicted octanol–water partition coefficient (Wildman–Crippen LogP) is 4.52. The van der Waals surface area contributed by atoms with Gasteiger partial charge in [0, 0.05) is 17.7 Å². The molecule has 0 aliphatic heterocycles. The van der Waals surface area contributed by atoms with E-state index < -0.39 is 0 Å². The first-order valence-corrected chi connectivity index (χ1v) is 9.96. The van der Waals surface area contributed by atoms with Crippen LogP contribution in [0.2, 0.25) is 0 Å². The summed E-state index contributed by atoms with van der Waals surface area (Å²) in [5.41, 5.74) is 1.62. The number of ether oxygens (including phenoxy) is 1. The molecule has 26 heavy (non-hydrogen) atoms. The standard InChI is InChI=1S/C20H25NO4S/c1-4-24-20(23)18-15-9-5-12(2)11-16(15)26-19(18)21-17(22)10-8-14-7-6-13(3)25-14/h6-7,12H,4-5,8-11H2,1-3H3,(H,21,22)/t12-/m1/s1. The molecule has 1 atom stereocenters. The first kappa shape index (κ1) is 18.7. The maximum atomic E-state index is 12.5. The fourth-order valence-electron chi connectivity index (χ4n) is 3.30. The van der Waals surface area contributed by atoms with Crippen LogP contribution in [0.15, 0.2) is 16.5 Å². The molecule has 0 saturated carbocycles. The number of esters is 1. The monoisotopic (exact) mass is 375 g/mol. The molecule has 6 heteroatoms. The molecular weight excluding hydrogens is 350 g/mol. The van der Waals surface area contributed by atoms with Gasteiger partial charge in [0.2, 0.25) is 5.91 Å². The Hall–Kier alpha value is -2.08. The van der Waals surface area contributed by atoms with Gasteiger partial charge in [0.1, 0.15) is 16.5 Å². The number of hydrogen-bond acceptors (Lipinski definition) is 5. The van der Waals surface area contributed by atoms with Crippen LogP contribution in [0.5, 0.6) is 0 Å². The highest BCUT2D eigenvalue weighted by Crippen LogP contribution is 2.40. The average molecular weight is 375 g/mol. The molecule has 3 rings (SSSR count). The van der Waals surface area contributed by atoms with Gasteiger partial charge in [-0.1, -0.05) is 6.92 Å². The van der Waals surface area contributed by atoms with Crippen LogP contribution in [0.25, 0.3) is 0 Å². The van der Waals surface area contributed by atoms with Gasteiger partial charge in [-0.2, -0.15) is 0 Å². The highest BCUT2D eigenvalue weighted by molar-refractivity contribution is 7.17. The van der Waals surface area contributed by atoms with Crippen LogP contribution >= 0.6 is 11.3 Å². The minimum absolute atomic E-state index is 0.115. The van der Waals surface area contributed by atoms with E-state index in [1.807, 2.05) is 19.1 Å². The van der Waals surface area contributed by atoms with Crippen molar-refractivity contribution in [2.45, 2.75) is 52.9 Å². The molecule has 1 aliphatic rings. The lowest BCUT2D eigenvalue weighted by Gasteiger charge is -2.18. The fourth-order valence-corrected chi connectivity index (χ4v) is 4.72. The van der Waals surface area contributed by atoms with Gasteiger partial charge in [0.05, 0.1) is 12.2 Å². The highest BCUT2D eigenvalue weighted by atomic mass is 32.1. The number of carbonyl (C=O) groups is 2. The summed E-state index contributed by atoms with van der Waals surface area (Å²) in [4.78, 5) is 26.1. The first-order valence-electron chi connectivity index (χ1n) is 9.14. The second kappa shape index (κ2) is 8.08. The summed E-state index contributed by atoms with van der Waals surface area (Å²) in [6, 6.07) is 3.78. The maximum absolute atomic E-state index is 12.5. The lowest BCUT2D eigenvalue weighted by atomic mass is 9.88. The first-order chi connectivity index (χ1) is 12.5. The number of nitrogens with one attached hydrogen (secondary N) is 1. The Morgan fingerprint density at radius 2 is 2.19 bits per heavy atom. The van der Waals surface area contributed by atoms with E-state index in [9.17, 15) is 9.59 Å². The number of anilines is 1. The second-order valence-corrected chi connectivity index (χ2v) is 7.94. The van der Waals surface area contributed by atoms with Crippen molar-refractivity contribution in [3.63, 3.8) is 0 Å². The Morgan fingerprint density at radius 3 is 2.88 bits per heavy atom. The minimum atomic E-state index is -0.337. The van der Waals surface area contributed by atoms with Crippen LogP contribution in [-0.2, 0) is 28.8 Å². The average Bonchev–Trinajstić information content (AvgIpc) is 3.15. The lowest BCUT2D eigenvalue weighted by Crippen LogP contribution is -2.16. The molecule has 0 unspecified atom stereocenters. The van der Waals surface area contributed by atoms with Crippen molar-refractivity contribution in [3.8, 4) is 0 Å². The van der Waals surface area contributed by atoms with Crippen LogP contribution < -0.4 is 5.32 Å². The SMILES string of the molecule is CCOC(=O)c1c(NC(=O)CCc2ccc(C)o2)sc2c1CC[C@@H](C)C2. The molecule has 140 valence electrons. The highest BCUT2D eigenvalue weighted by Gasteiger charge is 2.29. The number of hydrogen-bond donors (Lipinski definition) is 1. The normalized spacial score (nSPS) is 16.2. The number of furan rings is 1. The topological polar surface area (TPSA) is 68.5 Å². The van der Waals surface area contributed by atoms with E-state index >= 15 is 0 Å². The molecule has 0 aromatic carbocycles. The van der Waals surface area contributed by atoms with Gasteiger partial charge in [-0.15, -0.1) is 11.3 Å². The number of aryl methyl sites for hydroxylation is 2. The van der Waals surface area contributed by atoms with E-state index in [1.54, 1.807) is 6.92 Å². The van der Waals surface area contributed by atoms with Crippen molar-refractivity contribution in [1.82, 2.24) is 0 Å². The van der Waals surface area contributed by atoms with Crippen LogP contribution in [0.4, 0.5) is 5.00 Å². The molecule has 1 amide bonds. The number of thiophene rings is 1. The molecule has 2 aromatic heterocycles. The van der Waals surface area contributed by atoms with Crippen molar-refractivity contribution in [1.29, 1.82) is 0 Å². The molecule has 1 aliphatic carbocycles. The van der Waals surface area contributed by atoms with E-state index in [0.717, 1.165) is 36.3 Å². The smallest absolute Gasteiger partial charge is 0.341 e. The Kier molecular flexibility index (Phi) is 5.81. The Bertz CT molecular complexity index is 805. The quantitative estimate of drug-likeness (QED) is 0.754. The molecule has 0 bridgehead atoms. The molecule has 5 nitrogen and oxygen atoms in total. The van der Waals surface area contributed by atoms with Gasteiger partial charge in [0.25, 0.3) is 0 Å². The summed E-state index contributed by atoms with van der Waals surface area (Å²) in [6.45, 7) is 6.22. The van der Waals surface area contributed by atoms with E-state index in [4.69, 9.17) is 9.15 Å². The van der Waals surface area contributed by atoms with Gasteiger partial charge in [-0.3, -0.25) is 4.79 Å². The predicted molar refractivity (Wildman–Crippen MR) is 102 cm³/mol. The van der Waals surface area contributed by atoms with Gasteiger partial charge in [-0.25, -0.2) is 4.79 Å². The molecule has 2 heterocycles. The number of carbonyl (C=O) groups excluding carboxylic acids is 2. The van der Waals surface area contributed by atoms with Crippen molar-refractivity contribution < 1.29 is 18.7 Å². The molecular formula is C20H25NO4S. The Balaban J connectivity index is 1.75. The van der Waals surface area contributed by atoms with Crippen molar-refractivity contribution in [2.24, 2.45) is 5.92 Å². The van der Waals surface area contributed by atoms with Crippen molar-refractivity contribution in [3.05, 3.63) is 39.7 Å². The largest absolute Gasteiger partial charge is 0.466 e. The zero-order chi connectivity index (χ0) is 18.7. The summed E-state index contributed by atoms with van der Waals surface area (Å²) in [7, 11) is 0. The van der Waals surface area contributed by atoms with Crippen molar-refractivity contribution >= 4 is 28.2 Å². The molecule has 0 radical (unpaired) electrons. The second-order valence-electron chi connectivity index (χ2n) is 6.84. The fraction of sp³-hybridized carbons (Fsp3) is 0.500. The van der Waals surface area contributed by atoms with Gasteiger partial charge < -0.3 is 14.5 Å². The Labute approximate surface area is 157 Å². The summed E-state index contributed by atoms with van der Waals surface area (Å²) in [5, 5.41) is 3.56. The van der Waals surface area contributed by atoms with Crippen LogP contribution in [0, 0.1) is 12.8 Å². The van der Waals surface area contributed by atoms with Crippen molar-refractivity contribution in [2.75, 3.05) is 11.9 Å². The molecule has 0 fully saturated rings. The third-order valence-electron chi connectivity index (χ3n) is 4.64. The zero-order valence-corrected chi connectivity index (χ0v) is 16.3. The van der Waals surface area contributed by atoms with E-state index in [2.05, 4.69) is 12.2 Å². The summed E-state index contributed by atoms with van der Waals surface area (Å²) in [6.07, 6.45) is 3.72. The third-order valence-corrected chi connectivity index (χ3v) is 5.81. The van der Waals surface area contributed by atoms with Crippen LogP contribution in [0.1, 0.15) is 59.0 Å². The summed E-state index contributed by atoms with van der Waals surface area (Å²) in [5.74, 6) is 1.78. The van der Waals surface area contributed by atoms with E-state index in [1.165, 1.54) is 16.2 Å². The summed E-state index contributed by atoms with van der Waals surface area (Å²) < 4.78 is 10.7. The molecule has 0 spiro atoms. The maximum Gasteiger partial charge on any atom is 0.341 e. The molecule has 1 N–H and O–H groups in total. The van der Waals surface area contributed by atoms with Crippen LogP contribution in [-0.4, -0.2) is 18.5 Å². The van der Waals surface area contributed by atoms with Gasteiger partial charge in [0.15, 0.2) is 0 Å². The lowest BCUT2D eigenvalue weighted by molar-refractivity contribution is -0.116. The van der Waals surface area contributed by atoms with Gasteiger partial charge >= 0.3 is 5.97 Å². The number of fused-ring (bicyclic) bond motifs is 1. The molecule has 0 saturated heterocycles. The van der Waals surface area contributed by atoms with Gasteiger partial charge in [-0.05, 0) is 56.7 Å². The zero-order valence-electron chi connectivity index (χ0n) is 15.5. The number of amides is 1. The summed E-state index contributed by atoms with van der Waals surface area (Å²) >= 11 is 1.52. The number of rotatable bonds is 6. The van der Waals surface area contributed by atoms with E-state index in [0.29, 0.717) is 35.9 Å². The minimum Gasteiger partial charge on any atom is -0.466 e. The third kappa shape index (κ3) is 4.18. The Morgan fingerprint density at radius 1 is 1.38 bits per heavy atom. The molecule has 2 aromatic rings.